The van der Waals surface area contributed by atoms with E-state index in [1.165, 1.54) is 12.1 Å². The predicted octanol–water partition coefficient (Wildman–Crippen LogP) is -2.79. The van der Waals surface area contributed by atoms with E-state index in [-0.39, 0.29) is 22.0 Å². The number of fused-ring (bicyclic) bond motifs is 1. The van der Waals surface area contributed by atoms with Gasteiger partial charge in [0.05, 0.1) is 10.4 Å². The van der Waals surface area contributed by atoms with E-state index in [2.05, 4.69) is 0 Å². The number of hydrogen-bond donors (Lipinski definition) is 6. The summed E-state index contributed by atoms with van der Waals surface area (Å²) in [5, 5.41) is 20.0. The lowest BCUT2D eigenvalue weighted by molar-refractivity contribution is -0.299. The van der Waals surface area contributed by atoms with Crippen LogP contribution >= 0.6 is 0 Å². The van der Waals surface area contributed by atoms with E-state index in [9.17, 15) is 10.4 Å². The lowest BCUT2D eigenvalue weighted by Gasteiger charge is -2.30. The third kappa shape index (κ3) is 1.11. The molecule has 86 valence electrons. The molecule has 0 unspecified atom stereocenters. The summed E-state index contributed by atoms with van der Waals surface area (Å²) in [7, 11) is 0. The topological polar surface area (TPSA) is 151 Å². The quantitative estimate of drug-likeness (QED) is 0.259. The van der Waals surface area contributed by atoms with Gasteiger partial charge in [0, 0.05) is 11.4 Å². The second-order valence-corrected chi connectivity index (χ2v) is 3.34. The lowest BCUT2D eigenvalue weighted by Crippen LogP contribution is -2.54. The number of nitrogen functional groups attached to an aromatic ring is 2. The van der Waals surface area contributed by atoms with Gasteiger partial charge in [-0.1, -0.05) is 0 Å². The molecule has 8 heteroatoms. The van der Waals surface area contributed by atoms with Crippen molar-refractivity contribution in [3.8, 4) is 0 Å². The fourth-order valence-corrected chi connectivity index (χ4v) is 1.59. The van der Waals surface area contributed by atoms with Crippen molar-refractivity contribution in [2.75, 3.05) is 11.5 Å². The summed E-state index contributed by atoms with van der Waals surface area (Å²) in [5.41, 5.74) is 23.2. The van der Waals surface area contributed by atoms with Gasteiger partial charge in [-0.2, -0.15) is 0 Å². The average molecular weight is 224 g/mol. The molecule has 10 N–H and O–H groups in total. The molecule has 1 aromatic carbocycles. The molecule has 2 rings (SSSR count). The molecule has 0 spiro atoms. The average Bonchev–Trinajstić information content (AvgIpc) is 2.26. The van der Waals surface area contributed by atoms with Gasteiger partial charge in [0.2, 0.25) is 0 Å². The Balaban J connectivity index is 3.06. The fourth-order valence-electron chi connectivity index (χ4n) is 1.59. The van der Waals surface area contributed by atoms with E-state index in [1.54, 1.807) is 0 Å². The van der Waals surface area contributed by atoms with Gasteiger partial charge in [-0.25, -0.2) is 0 Å². The van der Waals surface area contributed by atoms with Gasteiger partial charge in [-0.15, -0.1) is 10.3 Å². The number of hydrazine groups is 1. The molecule has 16 heavy (non-hydrogen) atoms. The molecular formula is C8H12N6O2. The molecule has 0 atom stereocenters. The van der Waals surface area contributed by atoms with Gasteiger partial charge < -0.3 is 22.9 Å². The van der Waals surface area contributed by atoms with Crippen LogP contribution in [0.1, 0.15) is 0 Å². The van der Waals surface area contributed by atoms with Gasteiger partial charge in [0.15, 0.2) is 11.6 Å². The van der Waals surface area contributed by atoms with E-state index in [1.807, 2.05) is 0 Å². The van der Waals surface area contributed by atoms with Crippen molar-refractivity contribution in [3.63, 3.8) is 0 Å². The molecule has 1 heterocycles. The highest BCUT2D eigenvalue weighted by Gasteiger charge is 2.22. The van der Waals surface area contributed by atoms with Crippen molar-refractivity contribution >= 4 is 23.0 Å². The molecule has 0 bridgehead atoms. The maximum atomic E-state index is 9.43. The van der Waals surface area contributed by atoms with Gasteiger partial charge in [-0.05, 0) is 12.1 Å². The Morgan fingerprint density at radius 2 is 1.06 bits per heavy atom. The van der Waals surface area contributed by atoms with Gasteiger partial charge in [0.1, 0.15) is 0 Å². The van der Waals surface area contributed by atoms with Crippen LogP contribution in [0.4, 0.5) is 11.4 Å². The van der Waals surface area contributed by atoms with Crippen LogP contribution in [0.15, 0.2) is 12.1 Å². The Labute approximate surface area is 90.1 Å². The van der Waals surface area contributed by atoms with Crippen molar-refractivity contribution < 1.29 is 10.4 Å². The molecule has 0 saturated carbocycles. The molecule has 1 aliphatic heterocycles. The molecule has 0 aliphatic carbocycles. The van der Waals surface area contributed by atoms with Crippen LogP contribution in [0.5, 0.6) is 0 Å². The van der Waals surface area contributed by atoms with Crippen molar-refractivity contribution in [1.82, 2.24) is 10.3 Å². The van der Waals surface area contributed by atoms with Crippen molar-refractivity contribution in [2.24, 2.45) is 11.5 Å². The van der Waals surface area contributed by atoms with Crippen molar-refractivity contribution in [1.29, 1.82) is 0 Å². The first kappa shape index (κ1) is 10.2. The number of benzene rings is 1. The molecular weight excluding hydrogens is 212 g/mol. The van der Waals surface area contributed by atoms with Crippen LogP contribution in [0, 0.1) is 0 Å². The molecule has 0 amide bonds. The van der Waals surface area contributed by atoms with Crippen molar-refractivity contribution in [3.05, 3.63) is 22.6 Å². The Morgan fingerprint density at radius 1 is 0.750 bits per heavy atom. The summed E-state index contributed by atoms with van der Waals surface area (Å²) in [4.78, 5) is 0. The third-order valence-corrected chi connectivity index (χ3v) is 2.39. The molecule has 1 aliphatic rings. The zero-order valence-electron chi connectivity index (χ0n) is 8.25. The first-order valence-electron chi connectivity index (χ1n) is 4.36. The van der Waals surface area contributed by atoms with Gasteiger partial charge >= 0.3 is 0 Å². The van der Waals surface area contributed by atoms with Crippen LogP contribution in [0.25, 0.3) is 11.6 Å². The Bertz CT molecular complexity index is 518. The minimum absolute atomic E-state index is 0.156. The van der Waals surface area contributed by atoms with E-state index in [0.717, 1.165) is 0 Å². The van der Waals surface area contributed by atoms with E-state index >= 15 is 0 Å². The maximum Gasteiger partial charge on any atom is 0.160 e. The van der Waals surface area contributed by atoms with Crippen molar-refractivity contribution in [2.45, 2.75) is 0 Å². The van der Waals surface area contributed by atoms with E-state index in [4.69, 9.17) is 22.9 Å². The molecule has 0 saturated heterocycles. The first-order valence-corrected chi connectivity index (χ1v) is 4.36. The number of rotatable bonds is 0. The summed E-state index contributed by atoms with van der Waals surface area (Å²) in [6.07, 6.45) is 0. The Hall–Kier alpha value is -2.32. The normalized spacial score (nSPS) is 15.4. The van der Waals surface area contributed by atoms with Gasteiger partial charge in [-0.3, -0.25) is 10.4 Å². The Kier molecular flexibility index (Phi) is 1.97. The van der Waals surface area contributed by atoms with E-state index in [0.29, 0.717) is 21.8 Å². The van der Waals surface area contributed by atoms with Crippen LogP contribution in [-0.4, -0.2) is 20.8 Å². The Morgan fingerprint density at radius 3 is 1.38 bits per heavy atom. The standard InChI is InChI=1S/C8H12N6O2/c9-3-1-2-4(10)6-5(3)7(11)13(15)14(16)8(6)12/h1-2,15-16H,9-12H2. The molecule has 1 aromatic rings. The van der Waals surface area contributed by atoms with Gasteiger partial charge in [0.25, 0.3) is 0 Å². The minimum Gasteiger partial charge on any atom is -0.398 e. The highest BCUT2D eigenvalue weighted by Crippen LogP contribution is 2.08. The summed E-state index contributed by atoms with van der Waals surface area (Å²) >= 11 is 0. The fraction of sp³-hybridized carbons (Fsp3) is 0. The second kappa shape index (κ2) is 3.08. The summed E-state index contributed by atoms with van der Waals surface area (Å²) < 4.78 is 0. The lowest BCUT2D eigenvalue weighted by atomic mass is 10.1. The number of nitrogens with zero attached hydrogens (tertiary/aromatic N) is 2. The number of hydrogen-bond acceptors (Lipinski definition) is 8. The second-order valence-electron chi connectivity index (χ2n) is 3.34. The summed E-state index contributed by atoms with van der Waals surface area (Å²) in [5.74, 6) is -0.312. The number of anilines is 2. The van der Waals surface area contributed by atoms with Crippen LogP contribution in [0.2, 0.25) is 0 Å². The molecule has 8 nitrogen and oxygen atoms in total. The first-order chi connectivity index (χ1) is 7.45. The minimum atomic E-state index is -0.156. The molecule has 0 fully saturated rings. The number of nitrogens with two attached hydrogens (primary N) is 4. The van der Waals surface area contributed by atoms with E-state index < -0.39 is 0 Å². The van der Waals surface area contributed by atoms with Crippen LogP contribution in [-0.2, 0) is 0 Å². The molecule has 0 radical (unpaired) electrons. The highest BCUT2D eigenvalue weighted by atomic mass is 16.7. The summed E-state index contributed by atoms with van der Waals surface area (Å²) in [6, 6.07) is 3.07. The third-order valence-electron chi connectivity index (χ3n) is 2.39. The largest absolute Gasteiger partial charge is 0.398 e. The molecule has 0 aromatic heterocycles. The maximum absolute atomic E-state index is 9.43. The van der Waals surface area contributed by atoms with Crippen LogP contribution < -0.4 is 33.4 Å². The summed E-state index contributed by atoms with van der Waals surface area (Å²) in [6.45, 7) is 0. The monoisotopic (exact) mass is 224 g/mol. The SMILES string of the molecule is NC1=c2c(N)ccc(N)c2=C(N)N(O)N1O. The predicted molar refractivity (Wildman–Crippen MR) is 57.0 cm³/mol. The zero-order valence-corrected chi connectivity index (χ0v) is 8.25. The smallest absolute Gasteiger partial charge is 0.160 e. The highest BCUT2D eigenvalue weighted by molar-refractivity contribution is 5.64. The zero-order chi connectivity index (χ0) is 12.0. The van der Waals surface area contributed by atoms with Crippen LogP contribution in [0.3, 0.4) is 0 Å². The number of hydroxylamine groups is 2.